The molecule has 3 rings (SSSR count). The van der Waals surface area contributed by atoms with E-state index in [1.807, 2.05) is 11.4 Å². The van der Waals surface area contributed by atoms with E-state index >= 15 is 0 Å². The van der Waals surface area contributed by atoms with Crippen molar-refractivity contribution >= 4 is 28.8 Å². The maximum atomic E-state index is 12.7. The summed E-state index contributed by atoms with van der Waals surface area (Å²) in [6, 6.07) is 12.2. The summed E-state index contributed by atoms with van der Waals surface area (Å²) >= 11 is 1.44. The number of aromatic nitrogens is 1. The third-order valence-corrected chi connectivity index (χ3v) is 4.70. The van der Waals surface area contributed by atoms with Crippen LogP contribution in [0, 0.1) is 0 Å². The average molecular weight is 411 g/mol. The summed E-state index contributed by atoms with van der Waals surface area (Å²) < 4.78 is 10.6. The molecule has 0 unspecified atom stereocenters. The fourth-order valence-corrected chi connectivity index (χ4v) is 3.20. The summed E-state index contributed by atoms with van der Waals surface area (Å²) in [5, 5.41) is 9.23. The Kier molecular flexibility index (Phi) is 7.32. The highest BCUT2D eigenvalue weighted by Crippen LogP contribution is 2.18. The second-order valence-electron chi connectivity index (χ2n) is 6.00. The lowest BCUT2D eigenvalue weighted by molar-refractivity contribution is 0.0951. The van der Waals surface area contributed by atoms with Crippen LogP contribution >= 0.6 is 11.3 Å². The molecule has 2 N–H and O–H groups in total. The van der Waals surface area contributed by atoms with Crippen LogP contribution in [0.3, 0.4) is 0 Å². The van der Waals surface area contributed by atoms with Gasteiger partial charge >= 0.3 is 0 Å². The first-order valence-electron chi connectivity index (χ1n) is 8.95. The molecule has 0 saturated carbocycles. The average Bonchev–Trinajstić information content (AvgIpc) is 3.28. The Bertz CT molecular complexity index is 960. The van der Waals surface area contributed by atoms with E-state index in [0.29, 0.717) is 35.9 Å². The van der Waals surface area contributed by atoms with Crippen LogP contribution in [0.5, 0.6) is 5.88 Å². The summed E-state index contributed by atoms with van der Waals surface area (Å²) in [7, 11) is 1.59. The van der Waals surface area contributed by atoms with Gasteiger partial charge in [-0.1, -0.05) is 18.2 Å². The van der Waals surface area contributed by atoms with Gasteiger partial charge in [0.15, 0.2) is 0 Å². The van der Waals surface area contributed by atoms with Gasteiger partial charge in [-0.15, -0.1) is 0 Å². The Labute approximate surface area is 172 Å². The number of anilines is 1. The summed E-state index contributed by atoms with van der Waals surface area (Å²) in [6.45, 7) is 1.05. The number of nitrogens with zero attached hydrogens (tertiary/aromatic N) is 1. The van der Waals surface area contributed by atoms with Gasteiger partial charge < -0.3 is 20.1 Å². The number of carbonyl (C=O) groups excluding carboxylic acids is 2. The van der Waals surface area contributed by atoms with E-state index in [2.05, 4.69) is 15.6 Å². The number of amides is 2. The molecule has 1 aromatic carbocycles. The smallest absolute Gasteiger partial charge is 0.256 e. The molecule has 0 radical (unpaired) electrons. The number of pyridine rings is 1. The molecule has 2 amide bonds. The molecule has 0 saturated heterocycles. The maximum absolute atomic E-state index is 12.7. The minimum Gasteiger partial charge on any atom is -0.475 e. The highest BCUT2D eigenvalue weighted by molar-refractivity contribution is 7.08. The van der Waals surface area contributed by atoms with Crippen LogP contribution in [0.1, 0.15) is 26.3 Å². The van der Waals surface area contributed by atoms with Gasteiger partial charge in [-0.05, 0) is 29.6 Å². The molecule has 150 valence electrons. The number of hydrogen-bond donors (Lipinski definition) is 2. The van der Waals surface area contributed by atoms with Gasteiger partial charge in [-0.25, -0.2) is 4.98 Å². The fraction of sp³-hybridized carbons (Fsp3) is 0.190. The van der Waals surface area contributed by atoms with E-state index in [1.165, 1.54) is 11.3 Å². The van der Waals surface area contributed by atoms with Crippen LogP contribution in [0.4, 0.5) is 5.69 Å². The summed E-state index contributed by atoms with van der Waals surface area (Å²) in [5.41, 5.74) is 2.13. The number of ether oxygens (including phenoxy) is 2. The zero-order valence-electron chi connectivity index (χ0n) is 15.9. The molecule has 2 aromatic heterocycles. The van der Waals surface area contributed by atoms with E-state index in [1.54, 1.807) is 55.1 Å². The first-order chi connectivity index (χ1) is 14.2. The van der Waals surface area contributed by atoms with Crippen molar-refractivity contribution in [3.63, 3.8) is 0 Å². The summed E-state index contributed by atoms with van der Waals surface area (Å²) in [4.78, 5) is 29.3. The van der Waals surface area contributed by atoms with Gasteiger partial charge in [0.2, 0.25) is 5.88 Å². The standard InChI is InChI=1S/C21H21N3O4S/c1-27-10-11-28-21-15(5-4-9-22-21)13-23-20(26)17-6-2-3-7-18(17)24-19(25)16-8-12-29-14-16/h2-9,12,14H,10-11,13H2,1H3,(H,23,26)(H,24,25). The predicted octanol–water partition coefficient (Wildman–Crippen LogP) is 3.35. The van der Waals surface area contributed by atoms with Crippen molar-refractivity contribution in [3.05, 3.63) is 76.1 Å². The number of carbonyl (C=O) groups is 2. The zero-order chi connectivity index (χ0) is 20.5. The normalized spacial score (nSPS) is 10.4. The van der Waals surface area contributed by atoms with E-state index in [-0.39, 0.29) is 18.4 Å². The lowest BCUT2D eigenvalue weighted by atomic mass is 10.1. The van der Waals surface area contributed by atoms with Crippen molar-refractivity contribution in [3.8, 4) is 5.88 Å². The van der Waals surface area contributed by atoms with E-state index in [4.69, 9.17) is 9.47 Å². The Morgan fingerprint density at radius 1 is 1.07 bits per heavy atom. The Balaban J connectivity index is 1.67. The highest BCUT2D eigenvalue weighted by Gasteiger charge is 2.15. The van der Waals surface area contributed by atoms with Crippen LogP contribution in [-0.4, -0.2) is 37.1 Å². The van der Waals surface area contributed by atoms with Crippen molar-refractivity contribution < 1.29 is 19.1 Å². The molecule has 3 aromatic rings. The first-order valence-corrected chi connectivity index (χ1v) is 9.89. The quantitative estimate of drug-likeness (QED) is 0.527. The number of nitrogens with one attached hydrogen (secondary N) is 2. The number of hydrogen-bond acceptors (Lipinski definition) is 6. The van der Waals surface area contributed by atoms with Crippen LogP contribution in [0.25, 0.3) is 0 Å². The third-order valence-electron chi connectivity index (χ3n) is 4.02. The lowest BCUT2D eigenvalue weighted by Gasteiger charge is -2.13. The molecule has 8 heteroatoms. The summed E-state index contributed by atoms with van der Waals surface area (Å²) in [5.74, 6) is -0.116. The number of thiophene rings is 1. The minimum absolute atomic E-state index is 0.238. The zero-order valence-corrected chi connectivity index (χ0v) is 16.7. The molecule has 29 heavy (non-hydrogen) atoms. The summed E-state index contributed by atoms with van der Waals surface area (Å²) in [6.07, 6.45) is 1.63. The molecular weight excluding hydrogens is 390 g/mol. The van der Waals surface area contributed by atoms with Crippen LogP contribution in [-0.2, 0) is 11.3 Å². The monoisotopic (exact) mass is 411 g/mol. The van der Waals surface area contributed by atoms with Crippen molar-refractivity contribution in [1.82, 2.24) is 10.3 Å². The van der Waals surface area contributed by atoms with E-state index in [9.17, 15) is 9.59 Å². The van der Waals surface area contributed by atoms with Gasteiger partial charge in [0.25, 0.3) is 11.8 Å². The van der Waals surface area contributed by atoms with Crippen LogP contribution < -0.4 is 15.4 Å². The van der Waals surface area contributed by atoms with Gasteiger partial charge in [-0.2, -0.15) is 11.3 Å². The SMILES string of the molecule is COCCOc1ncccc1CNC(=O)c1ccccc1NC(=O)c1ccsc1. The number of methoxy groups -OCH3 is 1. The molecule has 0 aliphatic carbocycles. The molecule has 0 aliphatic rings. The largest absolute Gasteiger partial charge is 0.475 e. The van der Waals surface area contributed by atoms with Crippen LogP contribution in [0.15, 0.2) is 59.4 Å². The Hall–Kier alpha value is -3.23. The lowest BCUT2D eigenvalue weighted by Crippen LogP contribution is -2.25. The molecule has 2 heterocycles. The third kappa shape index (κ3) is 5.63. The minimum atomic E-state index is -0.307. The Morgan fingerprint density at radius 2 is 1.93 bits per heavy atom. The van der Waals surface area contributed by atoms with Gasteiger partial charge in [-0.3, -0.25) is 9.59 Å². The van der Waals surface area contributed by atoms with E-state index in [0.717, 1.165) is 5.56 Å². The topological polar surface area (TPSA) is 89.6 Å². The van der Waals surface area contributed by atoms with Crippen molar-refractivity contribution in [2.75, 3.05) is 25.6 Å². The second-order valence-corrected chi connectivity index (χ2v) is 6.78. The second kappa shape index (κ2) is 10.4. The maximum Gasteiger partial charge on any atom is 0.256 e. The molecule has 0 fully saturated rings. The van der Waals surface area contributed by atoms with Crippen molar-refractivity contribution in [2.24, 2.45) is 0 Å². The van der Waals surface area contributed by atoms with E-state index < -0.39 is 0 Å². The fourth-order valence-electron chi connectivity index (χ4n) is 2.56. The number of para-hydroxylation sites is 1. The number of benzene rings is 1. The Morgan fingerprint density at radius 3 is 2.72 bits per heavy atom. The molecule has 0 bridgehead atoms. The molecule has 7 nitrogen and oxygen atoms in total. The van der Waals surface area contributed by atoms with Crippen molar-refractivity contribution in [1.29, 1.82) is 0 Å². The molecule has 0 aliphatic heterocycles. The molecular formula is C21H21N3O4S. The predicted molar refractivity (Wildman–Crippen MR) is 111 cm³/mol. The number of rotatable bonds is 9. The van der Waals surface area contributed by atoms with Gasteiger partial charge in [0.1, 0.15) is 6.61 Å². The molecule has 0 atom stereocenters. The van der Waals surface area contributed by atoms with Gasteiger partial charge in [0.05, 0.1) is 23.4 Å². The van der Waals surface area contributed by atoms with Crippen LogP contribution in [0.2, 0.25) is 0 Å². The van der Waals surface area contributed by atoms with Crippen molar-refractivity contribution in [2.45, 2.75) is 6.54 Å². The molecule has 0 spiro atoms. The highest BCUT2D eigenvalue weighted by atomic mass is 32.1. The van der Waals surface area contributed by atoms with Gasteiger partial charge in [0, 0.05) is 30.8 Å². The first kappa shape index (κ1) is 20.5.